The Labute approximate surface area is 160 Å². The Bertz CT molecular complexity index is 765. The monoisotopic (exact) mass is 369 g/mol. The molecule has 2 atom stereocenters. The van der Waals surface area contributed by atoms with Gasteiger partial charge in [-0.15, -0.1) is 0 Å². The van der Waals surface area contributed by atoms with Crippen molar-refractivity contribution in [2.24, 2.45) is 5.92 Å². The first-order valence-corrected chi connectivity index (χ1v) is 9.87. The van der Waals surface area contributed by atoms with E-state index in [0.717, 1.165) is 36.5 Å². The SMILES string of the molecule is COc1ccc([C@H]2CNC(=O)[C@@H](Cc3ccco3)C2)cc1OC1CCCC1. The maximum Gasteiger partial charge on any atom is 0.223 e. The Balaban J connectivity index is 1.50. The van der Waals surface area contributed by atoms with Gasteiger partial charge in [-0.25, -0.2) is 0 Å². The van der Waals surface area contributed by atoms with E-state index >= 15 is 0 Å². The number of carbonyl (C=O) groups excluding carboxylic acids is 1. The van der Waals surface area contributed by atoms with E-state index in [4.69, 9.17) is 13.9 Å². The normalized spacial score (nSPS) is 23.2. The lowest BCUT2D eigenvalue weighted by Crippen LogP contribution is -2.41. The van der Waals surface area contributed by atoms with Gasteiger partial charge in [0.05, 0.1) is 19.5 Å². The van der Waals surface area contributed by atoms with E-state index in [9.17, 15) is 4.79 Å². The van der Waals surface area contributed by atoms with Crippen molar-refractivity contribution in [2.75, 3.05) is 13.7 Å². The van der Waals surface area contributed by atoms with Crippen LogP contribution in [0.3, 0.4) is 0 Å². The number of piperidine rings is 1. The summed E-state index contributed by atoms with van der Waals surface area (Å²) in [5, 5.41) is 3.06. The Morgan fingerprint density at radius 2 is 2.04 bits per heavy atom. The maximum atomic E-state index is 12.3. The molecule has 1 aliphatic carbocycles. The Morgan fingerprint density at radius 1 is 1.19 bits per heavy atom. The smallest absolute Gasteiger partial charge is 0.223 e. The van der Waals surface area contributed by atoms with Gasteiger partial charge in [-0.2, -0.15) is 0 Å². The molecular weight excluding hydrogens is 342 g/mol. The highest BCUT2D eigenvalue weighted by atomic mass is 16.5. The third-order valence-electron chi connectivity index (χ3n) is 5.75. The number of nitrogens with one attached hydrogen (secondary N) is 1. The third kappa shape index (κ3) is 4.12. The van der Waals surface area contributed by atoms with Crippen LogP contribution in [-0.4, -0.2) is 25.7 Å². The fourth-order valence-corrected chi connectivity index (χ4v) is 4.23. The molecule has 144 valence electrons. The van der Waals surface area contributed by atoms with Crippen LogP contribution in [0.1, 0.15) is 49.3 Å². The number of furan rings is 1. The molecule has 1 aliphatic heterocycles. The molecule has 1 amide bonds. The van der Waals surface area contributed by atoms with E-state index in [1.807, 2.05) is 18.2 Å². The number of carbonyl (C=O) groups is 1. The molecule has 2 aromatic rings. The van der Waals surface area contributed by atoms with Crippen molar-refractivity contribution < 1.29 is 18.7 Å². The Kier molecular flexibility index (Phi) is 5.37. The van der Waals surface area contributed by atoms with Crippen LogP contribution >= 0.6 is 0 Å². The van der Waals surface area contributed by atoms with Crippen LogP contribution < -0.4 is 14.8 Å². The van der Waals surface area contributed by atoms with Crippen LogP contribution in [0.2, 0.25) is 0 Å². The van der Waals surface area contributed by atoms with Gasteiger partial charge in [-0.3, -0.25) is 4.79 Å². The first kappa shape index (κ1) is 18.0. The molecule has 2 aliphatic rings. The van der Waals surface area contributed by atoms with Gasteiger partial charge < -0.3 is 19.2 Å². The lowest BCUT2D eigenvalue weighted by Gasteiger charge is -2.29. The van der Waals surface area contributed by atoms with E-state index in [1.165, 1.54) is 18.4 Å². The van der Waals surface area contributed by atoms with E-state index in [0.29, 0.717) is 13.0 Å². The van der Waals surface area contributed by atoms with Crippen LogP contribution in [0.25, 0.3) is 0 Å². The molecule has 27 heavy (non-hydrogen) atoms. The number of benzene rings is 1. The Morgan fingerprint density at radius 3 is 2.78 bits per heavy atom. The highest BCUT2D eigenvalue weighted by Crippen LogP contribution is 2.37. The van der Waals surface area contributed by atoms with E-state index < -0.39 is 0 Å². The number of hydrogen-bond donors (Lipinski definition) is 1. The molecule has 4 rings (SSSR count). The molecule has 0 unspecified atom stereocenters. The summed E-state index contributed by atoms with van der Waals surface area (Å²) in [6, 6.07) is 9.97. The zero-order chi connectivity index (χ0) is 18.6. The second-order valence-corrected chi connectivity index (χ2v) is 7.59. The molecule has 1 saturated carbocycles. The van der Waals surface area contributed by atoms with Gasteiger partial charge in [0.1, 0.15) is 5.76 Å². The Hall–Kier alpha value is -2.43. The van der Waals surface area contributed by atoms with Gasteiger partial charge in [0.2, 0.25) is 5.91 Å². The molecule has 2 fully saturated rings. The van der Waals surface area contributed by atoms with Gasteiger partial charge in [0, 0.05) is 24.8 Å². The summed E-state index contributed by atoms with van der Waals surface area (Å²) in [6.07, 6.45) is 8.07. The zero-order valence-electron chi connectivity index (χ0n) is 15.8. The molecule has 0 bridgehead atoms. The fraction of sp³-hybridized carbons (Fsp3) is 0.500. The summed E-state index contributed by atoms with van der Waals surface area (Å²) >= 11 is 0. The van der Waals surface area contributed by atoms with Crippen LogP contribution in [-0.2, 0) is 11.2 Å². The average Bonchev–Trinajstić information content (AvgIpc) is 3.38. The van der Waals surface area contributed by atoms with Crippen molar-refractivity contribution in [2.45, 2.75) is 50.5 Å². The first-order chi connectivity index (χ1) is 13.2. The summed E-state index contributed by atoms with van der Waals surface area (Å²) in [5.74, 6) is 2.75. The van der Waals surface area contributed by atoms with Gasteiger partial charge in [0.25, 0.3) is 0 Å². The van der Waals surface area contributed by atoms with Gasteiger partial charge in [0.15, 0.2) is 11.5 Å². The van der Waals surface area contributed by atoms with Gasteiger partial charge in [-0.1, -0.05) is 6.07 Å². The number of amides is 1. The molecule has 2 heterocycles. The van der Waals surface area contributed by atoms with Crippen LogP contribution in [0.5, 0.6) is 11.5 Å². The lowest BCUT2D eigenvalue weighted by atomic mass is 9.83. The summed E-state index contributed by atoms with van der Waals surface area (Å²) in [4.78, 5) is 12.3. The average molecular weight is 369 g/mol. The molecule has 5 nitrogen and oxygen atoms in total. The minimum absolute atomic E-state index is 0.0730. The summed E-state index contributed by atoms with van der Waals surface area (Å²) in [6.45, 7) is 0.655. The highest BCUT2D eigenvalue weighted by Gasteiger charge is 2.31. The fourth-order valence-electron chi connectivity index (χ4n) is 4.23. The third-order valence-corrected chi connectivity index (χ3v) is 5.75. The summed E-state index contributed by atoms with van der Waals surface area (Å²) in [7, 11) is 1.68. The van der Waals surface area contributed by atoms with Gasteiger partial charge >= 0.3 is 0 Å². The maximum absolute atomic E-state index is 12.3. The highest BCUT2D eigenvalue weighted by molar-refractivity contribution is 5.80. The number of methoxy groups -OCH3 is 1. The predicted octanol–water partition coefficient (Wildman–Crippen LogP) is 4.07. The van der Waals surface area contributed by atoms with Crippen molar-refractivity contribution in [1.29, 1.82) is 0 Å². The number of rotatable bonds is 6. The van der Waals surface area contributed by atoms with Crippen LogP contribution in [0.15, 0.2) is 41.0 Å². The van der Waals surface area contributed by atoms with E-state index in [2.05, 4.69) is 17.4 Å². The number of ether oxygens (including phenoxy) is 2. The molecule has 0 spiro atoms. The molecular formula is C22H27NO4. The topological polar surface area (TPSA) is 60.7 Å². The lowest BCUT2D eigenvalue weighted by molar-refractivity contribution is -0.127. The van der Waals surface area contributed by atoms with Crippen LogP contribution in [0, 0.1) is 5.92 Å². The molecule has 5 heteroatoms. The van der Waals surface area contributed by atoms with Crippen LogP contribution in [0.4, 0.5) is 0 Å². The van der Waals surface area contributed by atoms with E-state index in [1.54, 1.807) is 13.4 Å². The second-order valence-electron chi connectivity index (χ2n) is 7.59. The zero-order valence-corrected chi connectivity index (χ0v) is 15.8. The number of hydrogen-bond acceptors (Lipinski definition) is 4. The quantitative estimate of drug-likeness (QED) is 0.834. The minimum atomic E-state index is -0.0730. The summed E-state index contributed by atoms with van der Waals surface area (Å²) in [5.41, 5.74) is 1.19. The molecule has 1 aromatic heterocycles. The first-order valence-electron chi connectivity index (χ1n) is 9.87. The van der Waals surface area contributed by atoms with Crippen molar-refractivity contribution in [3.8, 4) is 11.5 Å². The predicted molar refractivity (Wildman–Crippen MR) is 102 cm³/mol. The van der Waals surface area contributed by atoms with Crippen molar-refractivity contribution >= 4 is 5.91 Å². The van der Waals surface area contributed by atoms with Crippen molar-refractivity contribution in [3.63, 3.8) is 0 Å². The minimum Gasteiger partial charge on any atom is -0.493 e. The van der Waals surface area contributed by atoms with E-state index in [-0.39, 0.29) is 23.8 Å². The molecule has 1 saturated heterocycles. The molecule has 1 N–H and O–H groups in total. The van der Waals surface area contributed by atoms with Crippen molar-refractivity contribution in [3.05, 3.63) is 47.9 Å². The van der Waals surface area contributed by atoms with Crippen molar-refractivity contribution in [1.82, 2.24) is 5.32 Å². The largest absolute Gasteiger partial charge is 0.493 e. The molecule has 0 radical (unpaired) electrons. The standard InChI is InChI=1S/C22H27NO4/c1-25-20-9-8-15(13-21(20)27-18-5-2-3-6-18)17-11-16(22(24)23-14-17)12-19-7-4-10-26-19/h4,7-10,13,16-18H,2-3,5-6,11-12,14H2,1H3,(H,23,24)/t16-,17-/m1/s1. The van der Waals surface area contributed by atoms with Gasteiger partial charge in [-0.05, 0) is 61.9 Å². The molecule has 1 aromatic carbocycles. The second kappa shape index (κ2) is 8.07. The summed E-state index contributed by atoms with van der Waals surface area (Å²) < 4.78 is 17.2.